The average molecular weight is 417 g/mol. The van der Waals surface area contributed by atoms with Crippen molar-refractivity contribution < 1.29 is 14.3 Å². The molecule has 1 N–H and O–H groups in total. The summed E-state index contributed by atoms with van der Waals surface area (Å²) in [7, 11) is 1.63. The summed E-state index contributed by atoms with van der Waals surface area (Å²) in [6.07, 6.45) is 0.439. The van der Waals surface area contributed by atoms with E-state index in [0.29, 0.717) is 31.3 Å². The monoisotopic (exact) mass is 416 g/mol. The molecule has 0 bridgehead atoms. The van der Waals surface area contributed by atoms with Crippen LogP contribution in [0.5, 0.6) is 5.75 Å². The second kappa shape index (κ2) is 10.5. The fourth-order valence-electron chi connectivity index (χ4n) is 3.76. The number of aryl methyl sites for hydroxylation is 1. The number of aromatic nitrogens is 4. The predicted molar refractivity (Wildman–Crippen MR) is 112 cm³/mol. The van der Waals surface area contributed by atoms with Gasteiger partial charge in [-0.2, -0.15) is 0 Å². The molecule has 1 aliphatic heterocycles. The normalized spacial score (nSPS) is 18.4. The minimum Gasteiger partial charge on any atom is -0.497 e. The van der Waals surface area contributed by atoms with Gasteiger partial charge >= 0.3 is 0 Å². The number of amides is 1. The van der Waals surface area contributed by atoms with Crippen LogP contribution in [0.1, 0.15) is 31.3 Å². The molecule has 0 saturated carbocycles. The number of hydrogen-bond acceptors (Lipinski definition) is 7. The Kier molecular flexibility index (Phi) is 7.75. The lowest BCUT2D eigenvalue weighted by Gasteiger charge is -2.34. The molecule has 1 aliphatic rings. The second-order valence-electron chi connectivity index (χ2n) is 8.13. The van der Waals surface area contributed by atoms with E-state index in [-0.39, 0.29) is 12.0 Å². The topological polar surface area (TPSA) is 94.4 Å². The van der Waals surface area contributed by atoms with Crippen LogP contribution in [-0.4, -0.2) is 77.0 Å². The van der Waals surface area contributed by atoms with Crippen LogP contribution in [0, 0.1) is 12.8 Å². The number of ether oxygens (including phenoxy) is 2. The van der Waals surface area contributed by atoms with Gasteiger partial charge in [-0.05, 0) is 41.0 Å². The zero-order valence-corrected chi connectivity index (χ0v) is 18.2. The lowest BCUT2D eigenvalue weighted by Crippen LogP contribution is -2.49. The van der Waals surface area contributed by atoms with Gasteiger partial charge in [-0.3, -0.25) is 9.69 Å². The number of nitrogens with one attached hydrogen (secondary N) is 1. The quantitative estimate of drug-likeness (QED) is 0.657. The molecule has 9 nitrogen and oxygen atoms in total. The van der Waals surface area contributed by atoms with Crippen LogP contribution < -0.4 is 10.1 Å². The highest BCUT2D eigenvalue weighted by Gasteiger charge is 2.27. The number of morpholine rings is 1. The number of benzene rings is 1. The van der Waals surface area contributed by atoms with Crippen molar-refractivity contribution in [3.05, 3.63) is 35.7 Å². The van der Waals surface area contributed by atoms with Crippen LogP contribution in [-0.2, 0) is 16.0 Å². The van der Waals surface area contributed by atoms with E-state index in [1.54, 1.807) is 18.7 Å². The van der Waals surface area contributed by atoms with Gasteiger partial charge in [0.2, 0.25) is 5.91 Å². The van der Waals surface area contributed by atoms with E-state index in [9.17, 15) is 4.79 Å². The zero-order valence-electron chi connectivity index (χ0n) is 18.2. The second-order valence-corrected chi connectivity index (χ2v) is 8.13. The molecule has 0 unspecified atom stereocenters. The van der Waals surface area contributed by atoms with Crippen LogP contribution in [0.3, 0.4) is 0 Å². The molecule has 1 saturated heterocycles. The van der Waals surface area contributed by atoms with Crippen LogP contribution in [0.15, 0.2) is 24.3 Å². The first kappa shape index (κ1) is 22.2. The Morgan fingerprint density at radius 2 is 2.23 bits per heavy atom. The average Bonchev–Trinajstić information content (AvgIpc) is 3.15. The summed E-state index contributed by atoms with van der Waals surface area (Å²) in [5.74, 6) is 1.82. The van der Waals surface area contributed by atoms with Crippen molar-refractivity contribution in [1.29, 1.82) is 0 Å². The van der Waals surface area contributed by atoms with Gasteiger partial charge in [0.15, 0.2) is 0 Å². The number of tetrazole rings is 1. The van der Waals surface area contributed by atoms with E-state index in [4.69, 9.17) is 9.47 Å². The highest BCUT2D eigenvalue weighted by molar-refractivity contribution is 5.80. The third kappa shape index (κ3) is 5.99. The van der Waals surface area contributed by atoms with Crippen molar-refractivity contribution in [3.63, 3.8) is 0 Å². The van der Waals surface area contributed by atoms with E-state index in [1.165, 1.54) is 0 Å². The molecule has 9 heteroatoms. The maximum Gasteiger partial charge on any atom is 0.245 e. The summed E-state index contributed by atoms with van der Waals surface area (Å²) in [6.45, 7) is 10.2. The number of hydrogen-bond donors (Lipinski definition) is 1. The molecule has 0 aliphatic carbocycles. The van der Waals surface area contributed by atoms with Gasteiger partial charge in [0, 0.05) is 32.6 Å². The molecule has 2 heterocycles. The number of methoxy groups -OCH3 is 1. The first-order valence-electron chi connectivity index (χ1n) is 10.4. The Morgan fingerprint density at radius 3 is 2.93 bits per heavy atom. The lowest BCUT2D eigenvalue weighted by atomic mass is 10.0. The number of carbonyl (C=O) groups excluding carboxylic acids is 1. The summed E-state index contributed by atoms with van der Waals surface area (Å²) in [5, 5.41) is 14.8. The molecule has 3 rings (SSSR count). The largest absolute Gasteiger partial charge is 0.497 e. The molecular weight excluding hydrogens is 384 g/mol. The Balaban J connectivity index is 1.66. The standard InChI is InChI=1S/C21H32N6O3/c1-15(2)13-26-8-9-30-19(14-26)12-22-21(28)20(27-16(3)23-24-25-27)11-17-6-5-7-18(10-17)29-4/h5-7,10,15,19-20H,8-9,11-14H2,1-4H3,(H,22,28)/t19-,20-/m0/s1. The van der Waals surface area contributed by atoms with Gasteiger partial charge in [0.25, 0.3) is 0 Å². The van der Waals surface area contributed by atoms with Gasteiger partial charge in [-0.25, -0.2) is 4.68 Å². The Morgan fingerprint density at radius 1 is 1.40 bits per heavy atom. The van der Waals surface area contributed by atoms with Crippen molar-refractivity contribution in [1.82, 2.24) is 30.4 Å². The predicted octanol–water partition coefficient (Wildman–Crippen LogP) is 1.25. The Hall–Kier alpha value is -2.52. The Labute approximate surface area is 177 Å². The summed E-state index contributed by atoms with van der Waals surface area (Å²) >= 11 is 0. The molecule has 164 valence electrons. The highest BCUT2D eigenvalue weighted by atomic mass is 16.5. The molecule has 30 heavy (non-hydrogen) atoms. The molecule has 1 fully saturated rings. The smallest absolute Gasteiger partial charge is 0.245 e. The first-order valence-corrected chi connectivity index (χ1v) is 10.4. The number of rotatable bonds is 9. The molecule has 2 aromatic rings. The van der Waals surface area contributed by atoms with Crippen LogP contribution in [0.25, 0.3) is 0 Å². The summed E-state index contributed by atoms with van der Waals surface area (Å²) in [4.78, 5) is 15.5. The Bertz CT molecular complexity index is 825. The summed E-state index contributed by atoms with van der Waals surface area (Å²) in [6, 6.07) is 7.13. The maximum absolute atomic E-state index is 13.1. The van der Waals surface area contributed by atoms with Gasteiger partial charge in [-0.1, -0.05) is 26.0 Å². The van der Waals surface area contributed by atoms with Crippen LogP contribution in [0.4, 0.5) is 0 Å². The van der Waals surface area contributed by atoms with E-state index >= 15 is 0 Å². The minimum absolute atomic E-state index is 0.0195. The number of carbonyl (C=O) groups is 1. The summed E-state index contributed by atoms with van der Waals surface area (Å²) < 4.78 is 12.7. The van der Waals surface area contributed by atoms with E-state index in [0.717, 1.165) is 30.9 Å². The molecule has 0 spiro atoms. The van der Waals surface area contributed by atoms with Gasteiger partial charge in [-0.15, -0.1) is 5.10 Å². The molecule has 1 aromatic carbocycles. The van der Waals surface area contributed by atoms with Crippen LogP contribution >= 0.6 is 0 Å². The van der Waals surface area contributed by atoms with Crippen molar-refractivity contribution in [3.8, 4) is 5.75 Å². The fourth-order valence-corrected chi connectivity index (χ4v) is 3.76. The minimum atomic E-state index is -0.553. The molecule has 0 radical (unpaired) electrons. The van der Waals surface area contributed by atoms with Crippen molar-refractivity contribution in [2.24, 2.45) is 5.92 Å². The van der Waals surface area contributed by atoms with Gasteiger partial charge in [0.1, 0.15) is 17.6 Å². The van der Waals surface area contributed by atoms with E-state index in [1.807, 2.05) is 24.3 Å². The molecule has 1 aromatic heterocycles. The van der Waals surface area contributed by atoms with Gasteiger partial charge in [0.05, 0.1) is 19.8 Å². The number of nitrogens with zero attached hydrogens (tertiary/aromatic N) is 5. The SMILES string of the molecule is COc1cccc(C[C@@H](C(=O)NC[C@H]2CN(CC(C)C)CCO2)n2nnnc2C)c1. The molecule has 2 atom stereocenters. The summed E-state index contributed by atoms with van der Waals surface area (Å²) in [5.41, 5.74) is 0.974. The van der Waals surface area contributed by atoms with Crippen molar-refractivity contribution >= 4 is 5.91 Å². The van der Waals surface area contributed by atoms with Gasteiger partial charge < -0.3 is 14.8 Å². The lowest BCUT2D eigenvalue weighted by molar-refractivity contribution is -0.126. The first-order chi connectivity index (χ1) is 14.5. The molecule has 1 amide bonds. The zero-order chi connectivity index (χ0) is 21.5. The van der Waals surface area contributed by atoms with Crippen LogP contribution in [0.2, 0.25) is 0 Å². The van der Waals surface area contributed by atoms with E-state index in [2.05, 4.69) is 39.6 Å². The third-order valence-electron chi connectivity index (χ3n) is 5.17. The maximum atomic E-state index is 13.1. The van der Waals surface area contributed by atoms with E-state index < -0.39 is 6.04 Å². The fraction of sp³-hybridized carbons (Fsp3) is 0.619. The van der Waals surface area contributed by atoms with Crippen molar-refractivity contribution in [2.45, 2.75) is 39.3 Å². The third-order valence-corrected chi connectivity index (χ3v) is 5.17. The molecular formula is C21H32N6O3. The highest BCUT2D eigenvalue weighted by Crippen LogP contribution is 2.19. The van der Waals surface area contributed by atoms with Crippen molar-refractivity contribution in [2.75, 3.05) is 39.9 Å².